The number of carbonyl (C=O) groups is 1. The van der Waals surface area contributed by atoms with Gasteiger partial charge in [0.25, 0.3) is 0 Å². The van der Waals surface area contributed by atoms with Gasteiger partial charge in [-0.3, -0.25) is 10.1 Å². The number of aryl methyl sites for hydroxylation is 3. The Morgan fingerprint density at radius 1 is 0.966 bits per heavy atom. The van der Waals surface area contributed by atoms with Gasteiger partial charge in [0.15, 0.2) is 0 Å². The summed E-state index contributed by atoms with van der Waals surface area (Å²) >= 11 is 0. The third-order valence-corrected chi connectivity index (χ3v) is 5.21. The first-order valence-electron chi connectivity index (χ1n) is 9.86. The van der Waals surface area contributed by atoms with Crippen LogP contribution < -0.4 is 11.1 Å². The molecule has 0 spiro atoms. The molecule has 3 rings (SSSR count). The summed E-state index contributed by atoms with van der Waals surface area (Å²) in [5.74, 6) is -0.670. The number of carbonyl (C=O) groups excluding carboxylic acids is 1. The summed E-state index contributed by atoms with van der Waals surface area (Å²) in [5, 5.41) is 3.42. The van der Waals surface area contributed by atoms with Crippen LogP contribution >= 0.6 is 0 Å². The fraction of sp³-hybridized carbons (Fsp3) is 0.240. The molecular formula is C25H27FN2O. The van der Waals surface area contributed by atoms with E-state index in [9.17, 15) is 9.18 Å². The van der Waals surface area contributed by atoms with Crippen LogP contribution in [0.5, 0.6) is 0 Å². The summed E-state index contributed by atoms with van der Waals surface area (Å²) in [5.41, 5.74) is 10.5. The molecular weight excluding hydrogens is 363 g/mol. The number of rotatable bonds is 8. The largest absolute Gasteiger partial charge is 0.368 e. The van der Waals surface area contributed by atoms with Crippen LogP contribution in [-0.4, -0.2) is 5.91 Å². The van der Waals surface area contributed by atoms with Gasteiger partial charge >= 0.3 is 0 Å². The molecule has 0 aliphatic rings. The van der Waals surface area contributed by atoms with Gasteiger partial charge in [-0.2, -0.15) is 0 Å². The normalized spacial score (nSPS) is 13.1. The maximum absolute atomic E-state index is 13.8. The molecule has 0 aromatic heterocycles. The van der Waals surface area contributed by atoms with E-state index in [1.165, 1.54) is 17.2 Å². The van der Waals surface area contributed by atoms with Crippen molar-refractivity contribution in [3.63, 3.8) is 0 Å². The van der Waals surface area contributed by atoms with Crippen LogP contribution in [0.4, 0.5) is 4.39 Å². The Morgan fingerprint density at radius 3 is 2.28 bits per heavy atom. The number of nitrogens with one attached hydrogen (secondary N) is 1. The van der Waals surface area contributed by atoms with E-state index in [0.717, 1.165) is 24.0 Å². The molecule has 1 amide bonds. The molecule has 3 nitrogen and oxygen atoms in total. The van der Waals surface area contributed by atoms with Gasteiger partial charge in [-0.05, 0) is 55.0 Å². The van der Waals surface area contributed by atoms with Crippen LogP contribution in [0.15, 0.2) is 72.8 Å². The molecule has 0 saturated heterocycles. The molecule has 3 aromatic carbocycles. The first kappa shape index (κ1) is 20.7. The maximum Gasteiger partial charge on any atom is 0.239 e. The number of primary amides is 1. The first-order valence-corrected chi connectivity index (χ1v) is 9.86. The Morgan fingerprint density at radius 2 is 1.66 bits per heavy atom. The summed E-state index contributed by atoms with van der Waals surface area (Å²) < 4.78 is 13.8. The van der Waals surface area contributed by atoms with Crippen molar-refractivity contribution < 1.29 is 9.18 Å². The SMILES string of the molecule is Cc1ccc(CCC(NC(C(N)=O)c2ccccc2)c2ccc(F)c(C)c2)cc1. The van der Waals surface area contributed by atoms with E-state index < -0.39 is 11.9 Å². The van der Waals surface area contributed by atoms with Crippen LogP contribution in [0, 0.1) is 19.7 Å². The molecule has 3 N–H and O–H groups in total. The number of amides is 1. The first-order chi connectivity index (χ1) is 13.9. The lowest BCUT2D eigenvalue weighted by Crippen LogP contribution is -2.36. The van der Waals surface area contributed by atoms with Crippen LogP contribution in [0.2, 0.25) is 0 Å². The second kappa shape index (κ2) is 9.48. The average molecular weight is 391 g/mol. The molecule has 0 fully saturated rings. The van der Waals surface area contributed by atoms with E-state index in [1.807, 2.05) is 36.4 Å². The van der Waals surface area contributed by atoms with Crippen molar-refractivity contribution in [3.8, 4) is 0 Å². The van der Waals surface area contributed by atoms with Gasteiger partial charge in [0.1, 0.15) is 11.9 Å². The maximum atomic E-state index is 13.8. The molecule has 0 aliphatic carbocycles. The molecule has 0 heterocycles. The molecule has 0 saturated carbocycles. The topological polar surface area (TPSA) is 55.1 Å². The molecule has 150 valence electrons. The number of nitrogens with two attached hydrogens (primary N) is 1. The number of hydrogen-bond acceptors (Lipinski definition) is 2. The molecule has 2 unspecified atom stereocenters. The third kappa shape index (κ3) is 5.52. The van der Waals surface area contributed by atoms with E-state index in [-0.39, 0.29) is 11.9 Å². The molecule has 0 radical (unpaired) electrons. The summed E-state index contributed by atoms with van der Waals surface area (Å²) in [7, 11) is 0. The van der Waals surface area contributed by atoms with E-state index in [1.54, 1.807) is 13.0 Å². The highest BCUT2D eigenvalue weighted by atomic mass is 19.1. The lowest BCUT2D eigenvalue weighted by Gasteiger charge is -2.25. The Kier molecular flexibility index (Phi) is 6.78. The molecule has 2 atom stereocenters. The second-order valence-electron chi connectivity index (χ2n) is 7.50. The van der Waals surface area contributed by atoms with Crippen LogP contribution in [0.25, 0.3) is 0 Å². The van der Waals surface area contributed by atoms with Gasteiger partial charge in [0.05, 0.1) is 0 Å². The molecule has 0 aliphatic heterocycles. The fourth-order valence-electron chi connectivity index (χ4n) is 3.49. The van der Waals surface area contributed by atoms with E-state index in [4.69, 9.17) is 5.73 Å². The van der Waals surface area contributed by atoms with Crippen molar-refractivity contribution in [3.05, 3.63) is 106 Å². The quantitative estimate of drug-likeness (QED) is 0.573. The monoisotopic (exact) mass is 390 g/mol. The smallest absolute Gasteiger partial charge is 0.239 e. The summed E-state index contributed by atoms with van der Waals surface area (Å²) in [6.07, 6.45) is 1.58. The van der Waals surface area contributed by atoms with E-state index in [0.29, 0.717) is 5.56 Å². The molecule has 3 aromatic rings. The minimum absolute atomic E-state index is 0.145. The van der Waals surface area contributed by atoms with Gasteiger partial charge in [-0.1, -0.05) is 72.3 Å². The van der Waals surface area contributed by atoms with Gasteiger partial charge in [-0.15, -0.1) is 0 Å². The third-order valence-electron chi connectivity index (χ3n) is 5.21. The summed E-state index contributed by atoms with van der Waals surface area (Å²) in [6.45, 7) is 3.81. The Hall–Kier alpha value is -2.98. The number of halogens is 1. The van der Waals surface area contributed by atoms with Crippen LogP contribution in [-0.2, 0) is 11.2 Å². The Balaban J connectivity index is 1.87. The lowest BCUT2D eigenvalue weighted by molar-refractivity contribution is -0.120. The van der Waals surface area contributed by atoms with Crippen molar-refractivity contribution >= 4 is 5.91 Å². The Bertz CT molecular complexity index is 954. The van der Waals surface area contributed by atoms with Gasteiger partial charge in [-0.25, -0.2) is 4.39 Å². The zero-order valence-corrected chi connectivity index (χ0v) is 16.9. The van der Waals surface area contributed by atoms with Crippen molar-refractivity contribution in [2.75, 3.05) is 0 Å². The van der Waals surface area contributed by atoms with Crippen molar-refractivity contribution in [2.24, 2.45) is 5.73 Å². The summed E-state index contributed by atoms with van der Waals surface area (Å²) in [6, 6.07) is 22.2. The van der Waals surface area contributed by atoms with Crippen LogP contribution in [0.3, 0.4) is 0 Å². The predicted octanol–water partition coefficient (Wildman–Crippen LogP) is 4.93. The fourth-order valence-corrected chi connectivity index (χ4v) is 3.49. The Labute approximate surface area is 171 Å². The zero-order valence-electron chi connectivity index (χ0n) is 16.9. The van der Waals surface area contributed by atoms with Gasteiger partial charge in [0.2, 0.25) is 5.91 Å². The van der Waals surface area contributed by atoms with Gasteiger partial charge in [0, 0.05) is 6.04 Å². The minimum atomic E-state index is -0.621. The molecule has 0 bridgehead atoms. The van der Waals surface area contributed by atoms with E-state index in [2.05, 4.69) is 36.5 Å². The van der Waals surface area contributed by atoms with Crippen molar-refractivity contribution in [1.82, 2.24) is 5.32 Å². The van der Waals surface area contributed by atoms with Gasteiger partial charge < -0.3 is 5.73 Å². The highest BCUT2D eigenvalue weighted by Gasteiger charge is 2.23. The average Bonchev–Trinajstić information content (AvgIpc) is 2.72. The lowest BCUT2D eigenvalue weighted by atomic mass is 9.95. The second-order valence-corrected chi connectivity index (χ2v) is 7.50. The molecule has 4 heteroatoms. The van der Waals surface area contributed by atoms with Crippen molar-refractivity contribution in [1.29, 1.82) is 0 Å². The highest BCUT2D eigenvalue weighted by Crippen LogP contribution is 2.26. The number of hydrogen-bond donors (Lipinski definition) is 2. The minimum Gasteiger partial charge on any atom is -0.368 e. The van der Waals surface area contributed by atoms with Crippen LogP contribution in [0.1, 0.15) is 46.3 Å². The number of benzene rings is 3. The highest BCUT2D eigenvalue weighted by molar-refractivity contribution is 5.81. The molecule has 29 heavy (non-hydrogen) atoms. The van der Waals surface area contributed by atoms with Crippen molar-refractivity contribution in [2.45, 2.75) is 38.8 Å². The standard InChI is InChI=1S/C25H27FN2O/c1-17-8-10-19(11-9-17)12-15-23(21-13-14-22(26)18(2)16-21)28-24(25(27)29)20-6-4-3-5-7-20/h3-11,13-14,16,23-24,28H,12,15H2,1-2H3,(H2,27,29). The predicted molar refractivity (Wildman–Crippen MR) is 115 cm³/mol. The van der Waals surface area contributed by atoms with E-state index >= 15 is 0 Å². The summed E-state index contributed by atoms with van der Waals surface area (Å²) in [4.78, 5) is 12.2. The zero-order chi connectivity index (χ0) is 20.8.